The number of aromatic nitrogens is 2. The predicted octanol–water partition coefficient (Wildman–Crippen LogP) is 3.94. The number of benzene rings is 2. The van der Waals surface area contributed by atoms with E-state index in [0.29, 0.717) is 42.0 Å². The van der Waals surface area contributed by atoms with Gasteiger partial charge in [0.2, 0.25) is 5.43 Å². The molecule has 3 heterocycles. The Balaban J connectivity index is 1.48. The van der Waals surface area contributed by atoms with Gasteiger partial charge in [-0.1, -0.05) is 17.7 Å². The summed E-state index contributed by atoms with van der Waals surface area (Å²) in [4.78, 5) is 27.9. The summed E-state index contributed by atoms with van der Waals surface area (Å²) >= 11 is 5.99. The van der Waals surface area contributed by atoms with Gasteiger partial charge in [-0.05, 0) is 61.7 Å². The van der Waals surface area contributed by atoms with Crippen molar-refractivity contribution in [2.45, 2.75) is 25.8 Å². The third kappa shape index (κ3) is 3.73. The normalized spacial score (nSPS) is 17.4. The first-order chi connectivity index (χ1) is 15.5. The molecule has 5 rings (SSSR count). The highest BCUT2D eigenvalue weighted by Crippen LogP contribution is 2.38. The maximum atomic E-state index is 13.5. The first-order valence-electron chi connectivity index (χ1n) is 10.6. The van der Waals surface area contributed by atoms with Crippen molar-refractivity contribution in [3.8, 4) is 17.2 Å². The molecule has 0 saturated carbocycles. The molecule has 2 aromatic carbocycles. The standard InChI is InChI=1S/C24H22ClN3O4/c1-15-13-20(29)23(26-28(15)18-7-5-17(25)6-8-18)24(30)27-10-2-3-19(27)16-4-9-21-22(14-16)32-12-11-31-21/h4-9,13-14,19H,2-3,10-12H2,1H3/t19-/m0/s1. The van der Waals surface area contributed by atoms with Crippen LogP contribution in [0.15, 0.2) is 53.3 Å². The molecule has 1 amide bonds. The molecule has 1 aromatic heterocycles. The van der Waals surface area contributed by atoms with E-state index in [1.54, 1.807) is 40.8 Å². The molecule has 0 aliphatic carbocycles. The van der Waals surface area contributed by atoms with Crippen LogP contribution in [0.2, 0.25) is 5.02 Å². The van der Waals surface area contributed by atoms with E-state index >= 15 is 0 Å². The average Bonchev–Trinajstić information content (AvgIpc) is 3.29. The van der Waals surface area contributed by atoms with Crippen molar-refractivity contribution >= 4 is 17.5 Å². The Morgan fingerprint density at radius 2 is 1.81 bits per heavy atom. The van der Waals surface area contributed by atoms with E-state index in [1.165, 1.54) is 6.07 Å². The fourth-order valence-corrected chi connectivity index (χ4v) is 4.42. The zero-order chi connectivity index (χ0) is 22.2. The number of nitrogens with zero attached hydrogens (tertiary/aromatic N) is 3. The molecule has 32 heavy (non-hydrogen) atoms. The maximum Gasteiger partial charge on any atom is 0.278 e. The smallest absolute Gasteiger partial charge is 0.278 e. The third-order valence-electron chi connectivity index (χ3n) is 5.85. The fraction of sp³-hybridized carbons (Fsp3) is 0.292. The first-order valence-corrected chi connectivity index (χ1v) is 11.0. The van der Waals surface area contributed by atoms with Gasteiger partial charge < -0.3 is 14.4 Å². The molecular formula is C24H22ClN3O4. The van der Waals surface area contributed by atoms with Gasteiger partial charge in [-0.3, -0.25) is 9.59 Å². The Bertz CT molecular complexity index is 1240. The van der Waals surface area contributed by atoms with Crippen LogP contribution in [-0.4, -0.2) is 40.3 Å². The highest BCUT2D eigenvalue weighted by Gasteiger charge is 2.33. The highest BCUT2D eigenvalue weighted by molar-refractivity contribution is 6.30. The van der Waals surface area contributed by atoms with Crippen molar-refractivity contribution in [1.82, 2.24) is 14.7 Å². The highest BCUT2D eigenvalue weighted by atomic mass is 35.5. The topological polar surface area (TPSA) is 73.7 Å². The molecule has 7 nitrogen and oxygen atoms in total. The summed E-state index contributed by atoms with van der Waals surface area (Å²) in [6.07, 6.45) is 1.66. The predicted molar refractivity (Wildman–Crippen MR) is 120 cm³/mol. The lowest BCUT2D eigenvalue weighted by Gasteiger charge is -2.26. The van der Waals surface area contributed by atoms with E-state index in [4.69, 9.17) is 21.1 Å². The second-order valence-electron chi connectivity index (χ2n) is 7.95. The number of aryl methyl sites for hydroxylation is 1. The maximum absolute atomic E-state index is 13.5. The van der Waals surface area contributed by atoms with Gasteiger partial charge in [0.25, 0.3) is 5.91 Å². The molecule has 8 heteroatoms. The third-order valence-corrected chi connectivity index (χ3v) is 6.10. The SMILES string of the molecule is Cc1cc(=O)c(C(=O)N2CCC[C@H]2c2ccc3c(c2)OCCO3)nn1-c1ccc(Cl)cc1. The molecule has 3 aromatic rings. The van der Waals surface area contributed by atoms with E-state index < -0.39 is 0 Å². The van der Waals surface area contributed by atoms with Crippen molar-refractivity contribution < 1.29 is 14.3 Å². The second kappa shape index (κ2) is 8.31. The molecule has 0 N–H and O–H groups in total. The molecule has 0 unspecified atom stereocenters. The number of fused-ring (bicyclic) bond motifs is 1. The minimum Gasteiger partial charge on any atom is -0.486 e. The molecule has 0 spiro atoms. The number of hydrogen-bond acceptors (Lipinski definition) is 5. The molecule has 2 aliphatic heterocycles. The van der Waals surface area contributed by atoms with E-state index in [-0.39, 0.29) is 23.1 Å². The van der Waals surface area contributed by atoms with Gasteiger partial charge >= 0.3 is 0 Å². The number of halogens is 1. The van der Waals surface area contributed by atoms with Crippen LogP contribution in [0.5, 0.6) is 11.5 Å². The molecule has 164 valence electrons. The number of amides is 1. The van der Waals surface area contributed by atoms with E-state index in [9.17, 15) is 9.59 Å². The molecular weight excluding hydrogens is 430 g/mol. The van der Waals surface area contributed by atoms with Crippen molar-refractivity contribution in [1.29, 1.82) is 0 Å². The van der Waals surface area contributed by atoms with Crippen LogP contribution in [0.3, 0.4) is 0 Å². The Labute approximate surface area is 190 Å². The lowest BCUT2D eigenvalue weighted by atomic mass is 10.0. The lowest BCUT2D eigenvalue weighted by molar-refractivity contribution is 0.0725. The summed E-state index contributed by atoms with van der Waals surface area (Å²) in [5, 5.41) is 5.04. The number of rotatable bonds is 3. The zero-order valence-corrected chi connectivity index (χ0v) is 18.3. The second-order valence-corrected chi connectivity index (χ2v) is 8.38. The molecule has 1 saturated heterocycles. The number of hydrogen-bond donors (Lipinski definition) is 0. The van der Waals surface area contributed by atoms with Crippen molar-refractivity contribution in [2.24, 2.45) is 0 Å². The summed E-state index contributed by atoms with van der Waals surface area (Å²) in [7, 11) is 0. The summed E-state index contributed by atoms with van der Waals surface area (Å²) in [5.41, 5.74) is 1.86. The van der Waals surface area contributed by atoms with Crippen LogP contribution in [0, 0.1) is 6.92 Å². The molecule has 1 atom stereocenters. The van der Waals surface area contributed by atoms with Crippen molar-refractivity contribution in [2.75, 3.05) is 19.8 Å². The molecule has 1 fully saturated rings. The first kappa shape index (κ1) is 20.6. The van der Waals surface area contributed by atoms with Crippen LogP contribution < -0.4 is 14.9 Å². The Kier molecular flexibility index (Phi) is 5.35. The fourth-order valence-electron chi connectivity index (χ4n) is 4.30. The van der Waals surface area contributed by atoms with Gasteiger partial charge in [0.05, 0.1) is 11.7 Å². The van der Waals surface area contributed by atoms with Gasteiger partial charge in [-0.25, -0.2) is 4.68 Å². The van der Waals surface area contributed by atoms with Crippen LogP contribution >= 0.6 is 11.6 Å². The van der Waals surface area contributed by atoms with E-state index in [1.807, 2.05) is 18.2 Å². The van der Waals surface area contributed by atoms with Crippen LogP contribution in [0.25, 0.3) is 5.69 Å². The molecule has 0 radical (unpaired) electrons. The lowest BCUT2D eigenvalue weighted by Crippen LogP contribution is -2.36. The summed E-state index contributed by atoms with van der Waals surface area (Å²) in [5.74, 6) is 1.03. The molecule has 0 bridgehead atoms. The minimum atomic E-state index is -0.384. The number of ether oxygens (including phenoxy) is 2. The van der Waals surface area contributed by atoms with Gasteiger partial charge in [0, 0.05) is 23.3 Å². The Morgan fingerprint density at radius 3 is 2.59 bits per heavy atom. The van der Waals surface area contributed by atoms with E-state index in [0.717, 1.165) is 24.1 Å². The molecule has 2 aliphatic rings. The van der Waals surface area contributed by atoms with Crippen molar-refractivity contribution in [3.05, 3.63) is 80.7 Å². The van der Waals surface area contributed by atoms with Gasteiger partial charge in [-0.15, -0.1) is 0 Å². The zero-order valence-electron chi connectivity index (χ0n) is 17.6. The van der Waals surface area contributed by atoms with Crippen LogP contribution in [-0.2, 0) is 0 Å². The monoisotopic (exact) mass is 451 g/mol. The van der Waals surface area contributed by atoms with Gasteiger partial charge in [0.15, 0.2) is 17.2 Å². The van der Waals surface area contributed by atoms with Crippen molar-refractivity contribution in [3.63, 3.8) is 0 Å². The number of carbonyl (C=O) groups is 1. The summed E-state index contributed by atoms with van der Waals surface area (Å²) in [6, 6.07) is 14.2. The summed E-state index contributed by atoms with van der Waals surface area (Å²) < 4.78 is 12.9. The Hall–Kier alpha value is -3.32. The van der Waals surface area contributed by atoms with Gasteiger partial charge in [-0.2, -0.15) is 5.10 Å². The average molecular weight is 452 g/mol. The largest absolute Gasteiger partial charge is 0.486 e. The van der Waals surface area contributed by atoms with Gasteiger partial charge in [0.1, 0.15) is 13.2 Å². The van der Waals surface area contributed by atoms with E-state index in [2.05, 4.69) is 5.10 Å². The van der Waals surface area contributed by atoms with Crippen LogP contribution in [0.4, 0.5) is 0 Å². The van der Waals surface area contributed by atoms with Crippen LogP contribution in [0.1, 0.15) is 40.6 Å². The minimum absolute atomic E-state index is 0.0880. The number of carbonyl (C=O) groups excluding carboxylic acids is 1. The summed E-state index contributed by atoms with van der Waals surface area (Å²) in [6.45, 7) is 3.37. The quantitative estimate of drug-likeness (QED) is 0.603. The Morgan fingerprint density at radius 1 is 1.06 bits per heavy atom. The number of likely N-dealkylation sites (tertiary alicyclic amines) is 1.